The van der Waals surface area contributed by atoms with E-state index in [1.807, 2.05) is 12.1 Å². The van der Waals surface area contributed by atoms with E-state index in [1.54, 1.807) is 14.0 Å². The number of carbonyl (C=O) groups is 1. The molecule has 0 bridgehead atoms. The number of ether oxygens (including phenoxy) is 1. The molecule has 0 saturated heterocycles. The van der Waals surface area contributed by atoms with Crippen molar-refractivity contribution in [1.82, 2.24) is 5.32 Å². The van der Waals surface area contributed by atoms with Gasteiger partial charge in [-0.05, 0) is 48.1 Å². The Morgan fingerprint density at radius 2 is 2.00 bits per heavy atom. The van der Waals surface area contributed by atoms with Crippen LogP contribution in [0.15, 0.2) is 48.5 Å². The predicted octanol–water partition coefficient (Wildman–Crippen LogP) is 3.47. The summed E-state index contributed by atoms with van der Waals surface area (Å²) in [4.78, 5) is 11.6. The quantitative estimate of drug-likeness (QED) is 0.939. The second-order valence-electron chi connectivity index (χ2n) is 6.21. The zero-order chi connectivity index (χ0) is 16.2. The highest BCUT2D eigenvalue weighted by molar-refractivity contribution is 5.73. The van der Waals surface area contributed by atoms with Crippen LogP contribution in [0.4, 0.5) is 0 Å². The van der Waals surface area contributed by atoms with Gasteiger partial charge < -0.3 is 10.1 Å². The van der Waals surface area contributed by atoms with E-state index < -0.39 is 0 Å². The molecule has 0 fully saturated rings. The summed E-state index contributed by atoms with van der Waals surface area (Å²) in [5.41, 5.74) is 3.98. The number of fused-ring (bicyclic) bond motifs is 1. The lowest BCUT2D eigenvalue weighted by Crippen LogP contribution is -2.41. The topological polar surface area (TPSA) is 38.3 Å². The van der Waals surface area contributed by atoms with Gasteiger partial charge in [-0.1, -0.05) is 36.4 Å². The number of hydrogen-bond donors (Lipinski definition) is 1. The van der Waals surface area contributed by atoms with Crippen molar-refractivity contribution < 1.29 is 9.53 Å². The number of methoxy groups -OCH3 is 1. The number of benzene rings is 2. The number of hydrogen-bond acceptors (Lipinski definition) is 2. The van der Waals surface area contributed by atoms with E-state index >= 15 is 0 Å². The van der Waals surface area contributed by atoms with Gasteiger partial charge in [-0.2, -0.15) is 0 Å². The fraction of sp³-hybridized carbons (Fsp3) is 0.350. The normalized spacial score (nSPS) is 19.7. The second-order valence-corrected chi connectivity index (χ2v) is 6.21. The minimum Gasteiger partial charge on any atom is -0.497 e. The molecule has 3 rings (SSSR count). The van der Waals surface area contributed by atoms with Crippen molar-refractivity contribution in [2.24, 2.45) is 0 Å². The van der Waals surface area contributed by atoms with Crippen molar-refractivity contribution in [3.63, 3.8) is 0 Å². The van der Waals surface area contributed by atoms with Crippen LogP contribution in [0.1, 0.15) is 36.0 Å². The molecular weight excluding hydrogens is 286 g/mol. The van der Waals surface area contributed by atoms with Gasteiger partial charge in [-0.15, -0.1) is 0 Å². The van der Waals surface area contributed by atoms with E-state index in [4.69, 9.17) is 4.74 Å². The molecule has 0 radical (unpaired) electrons. The molecule has 0 spiro atoms. The summed E-state index contributed by atoms with van der Waals surface area (Å²) in [5, 5.41) is 3.15. The first-order valence-corrected chi connectivity index (χ1v) is 8.15. The van der Waals surface area contributed by atoms with Crippen LogP contribution in [0.25, 0.3) is 0 Å². The van der Waals surface area contributed by atoms with Gasteiger partial charge in [0.15, 0.2) is 0 Å². The Labute approximate surface area is 137 Å². The molecule has 2 aromatic carbocycles. The molecule has 0 heterocycles. The standard InChI is InChI=1S/C20H23NO2/c1-14(22)21-20-11-8-16-13-17(23-2)9-10-18(16)19(20)12-15-6-4-3-5-7-15/h3-7,9-10,13,19-20H,8,11-12H2,1-2H3,(H,21,22). The number of rotatable bonds is 4. The summed E-state index contributed by atoms with van der Waals surface area (Å²) in [5.74, 6) is 1.25. The maximum atomic E-state index is 11.6. The average molecular weight is 309 g/mol. The molecule has 3 nitrogen and oxygen atoms in total. The molecule has 3 heteroatoms. The Kier molecular flexibility index (Phi) is 4.65. The minimum absolute atomic E-state index is 0.0463. The van der Waals surface area contributed by atoms with Gasteiger partial charge in [0.2, 0.25) is 5.91 Å². The van der Waals surface area contributed by atoms with Gasteiger partial charge >= 0.3 is 0 Å². The maximum absolute atomic E-state index is 11.6. The fourth-order valence-electron chi connectivity index (χ4n) is 3.57. The highest BCUT2D eigenvalue weighted by Gasteiger charge is 2.30. The number of nitrogens with one attached hydrogen (secondary N) is 1. The maximum Gasteiger partial charge on any atom is 0.217 e. The van der Waals surface area contributed by atoms with Gasteiger partial charge in [-0.25, -0.2) is 0 Å². The van der Waals surface area contributed by atoms with Crippen molar-refractivity contribution >= 4 is 5.91 Å². The summed E-state index contributed by atoms with van der Waals surface area (Å²) < 4.78 is 5.36. The van der Waals surface area contributed by atoms with E-state index in [1.165, 1.54) is 16.7 Å². The zero-order valence-corrected chi connectivity index (χ0v) is 13.7. The van der Waals surface area contributed by atoms with Gasteiger partial charge in [0.1, 0.15) is 5.75 Å². The van der Waals surface area contributed by atoms with Crippen LogP contribution in [0, 0.1) is 0 Å². The Hall–Kier alpha value is -2.29. The first-order chi connectivity index (χ1) is 11.2. The van der Waals surface area contributed by atoms with Crippen LogP contribution in [0.2, 0.25) is 0 Å². The molecule has 1 aliphatic rings. The molecule has 0 aliphatic heterocycles. The molecular formula is C20H23NO2. The summed E-state index contributed by atoms with van der Waals surface area (Å²) in [7, 11) is 1.70. The lowest BCUT2D eigenvalue weighted by Gasteiger charge is -2.34. The van der Waals surface area contributed by atoms with Crippen LogP contribution in [-0.4, -0.2) is 19.1 Å². The van der Waals surface area contributed by atoms with Crippen molar-refractivity contribution in [2.45, 2.75) is 38.1 Å². The zero-order valence-electron chi connectivity index (χ0n) is 13.7. The molecule has 2 atom stereocenters. The lowest BCUT2D eigenvalue weighted by atomic mass is 9.76. The minimum atomic E-state index is 0.0463. The van der Waals surface area contributed by atoms with E-state index in [-0.39, 0.29) is 11.9 Å². The van der Waals surface area contributed by atoms with Gasteiger partial charge in [0.05, 0.1) is 7.11 Å². The smallest absolute Gasteiger partial charge is 0.217 e. The van der Waals surface area contributed by atoms with E-state index in [2.05, 4.69) is 41.7 Å². The SMILES string of the molecule is COc1ccc2c(c1)CCC(NC(C)=O)C2Cc1ccccc1. The van der Waals surface area contributed by atoms with Crippen molar-refractivity contribution in [1.29, 1.82) is 0 Å². The molecule has 1 aliphatic carbocycles. The summed E-state index contributed by atoms with van der Waals surface area (Å²) in [6.45, 7) is 1.60. The third-order valence-electron chi connectivity index (χ3n) is 4.65. The lowest BCUT2D eigenvalue weighted by molar-refractivity contribution is -0.119. The Bertz CT molecular complexity index is 681. The van der Waals surface area contributed by atoms with E-state index in [0.29, 0.717) is 5.92 Å². The van der Waals surface area contributed by atoms with E-state index in [9.17, 15) is 4.79 Å². The van der Waals surface area contributed by atoms with Crippen LogP contribution in [0.3, 0.4) is 0 Å². The summed E-state index contributed by atoms with van der Waals surface area (Å²) in [6, 6.07) is 17.0. The van der Waals surface area contributed by atoms with E-state index in [0.717, 1.165) is 25.0 Å². The summed E-state index contributed by atoms with van der Waals surface area (Å²) >= 11 is 0. The first-order valence-electron chi connectivity index (χ1n) is 8.15. The fourth-order valence-corrected chi connectivity index (χ4v) is 3.57. The molecule has 23 heavy (non-hydrogen) atoms. The molecule has 0 saturated carbocycles. The monoisotopic (exact) mass is 309 g/mol. The Morgan fingerprint density at radius 1 is 1.22 bits per heavy atom. The Balaban J connectivity index is 1.94. The van der Waals surface area contributed by atoms with Gasteiger partial charge in [0.25, 0.3) is 0 Å². The highest BCUT2D eigenvalue weighted by Crippen LogP contribution is 2.36. The number of carbonyl (C=O) groups excluding carboxylic acids is 1. The third kappa shape index (κ3) is 3.55. The van der Waals surface area contributed by atoms with Crippen molar-refractivity contribution in [3.8, 4) is 5.75 Å². The molecule has 1 N–H and O–H groups in total. The third-order valence-corrected chi connectivity index (χ3v) is 4.65. The highest BCUT2D eigenvalue weighted by atomic mass is 16.5. The van der Waals surface area contributed by atoms with Crippen molar-refractivity contribution in [2.75, 3.05) is 7.11 Å². The number of aryl methyl sites for hydroxylation is 1. The van der Waals surface area contributed by atoms with Crippen LogP contribution in [-0.2, 0) is 17.6 Å². The second kappa shape index (κ2) is 6.86. The molecule has 2 unspecified atom stereocenters. The van der Waals surface area contributed by atoms with Crippen molar-refractivity contribution in [3.05, 3.63) is 65.2 Å². The van der Waals surface area contributed by atoms with Crippen LogP contribution < -0.4 is 10.1 Å². The average Bonchev–Trinajstić information content (AvgIpc) is 2.57. The molecule has 1 amide bonds. The summed E-state index contributed by atoms with van der Waals surface area (Å²) in [6.07, 6.45) is 2.88. The largest absolute Gasteiger partial charge is 0.497 e. The van der Waals surface area contributed by atoms with Gasteiger partial charge in [-0.3, -0.25) is 4.79 Å². The first kappa shape index (κ1) is 15.6. The molecule has 2 aromatic rings. The van der Waals surface area contributed by atoms with Gasteiger partial charge in [0, 0.05) is 18.9 Å². The molecule has 0 aromatic heterocycles. The number of amides is 1. The van der Waals surface area contributed by atoms with Crippen LogP contribution >= 0.6 is 0 Å². The predicted molar refractivity (Wildman–Crippen MR) is 91.8 cm³/mol. The Morgan fingerprint density at radius 3 is 2.70 bits per heavy atom. The van der Waals surface area contributed by atoms with Crippen LogP contribution in [0.5, 0.6) is 5.75 Å². The molecule has 120 valence electrons.